The van der Waals surface area contributed by atoms with Crippen molar-refractivity contribution in [3.8, 4) is 0 Å². The van der Waals surface area contributed by atoms with Gasteiger partial charge in [0.05, 0.1) is 6.04 Å². The molecule has 0 amide bonds. The Bertz CT molecular complexity index is 487. The summed E-state index contributed by atoms with van der Waals surface area (Å²) in [4.78, 5) is 12.4. The monoisotopic (exact) mass is 249 g/mol. The second-order valence-corrected chi connectivity index (χ2v) is 4.91. The Morgan fingerprint density at radius 1 is 1.47 bits per heavy atom. The number of thiophene rings is 1. The van der Waals surface area contributed by atoms with Gasteiger partial charge in [-0.05, 0) is 30.0 Å². The average molecular weight is 249 g/mol. The Labute approximate surface area is 104 Å². The van der Waals surface area contributed by atoms with Crippen LogP contribution < -0.4 is 0 Å². The SMILES string of the molecule is CCCC(c1cccs1)n1cccc1C(=O)O. The minimum Gasteiger partial charge on any atom is -0.477 e. The highest BCUT2D eigenvalue weighted by atomic mass is 32.1. The normalized spacial score (nSPS) is 12.5. The highest BCUT2D eigenvalue weighted by Gasteiger charge is 2.18. The summed E-state index contributed by atoms with van der Waals surface area (Å²) in [6.07, 6.45) is 3.83. The number of rotatable bonds is 5. The van der Waals surface area contributed by atoms with Crippen LogP contribution in [0.4, 0.5) is 0 Å². The predicted octanol–water partition coefficient (Wildman–Crippen LogP) is 3.64. The molecule has 0 aliphatic carbocycles. The number of carboxylic acids is 1. The van der Waals surface area contributed by atoms with Gasteiger partial charge >= 0.3 is 5.97 Å². The second-order valence-electron chi connectivity index (χ2n) is 3.93. The molecule has 0 spiro atoms. The van der Waals surface area contributed by atoms with Gasteiger partial charge in [0.25, 0.3) is 0 Å². The molecule has 0 saturated carbocycles. The molecule has 2 heterocycles. The third-order valence-corrected chi connectivity index (χ3v) is 3.74. The van der Waals surface area contributed by atoms with Crippen molar-refractivity contribution in [3.05, 3.63) is 46.4 Å². The Kier molecular flexibility index (Phi) is 3.64. The van der Waals surface area contributed by atoms with Crippen LogP contribution in [0.25, 0.3) is 0 Å². The molecule has 1 unspecified atom stereocenters. The topological polar surface area (TPSA) is 42.2 Å². The van der Waals surface area contributed by atoms with Gasteiger partial charge in [-0.1, -0.05) is 19.4 Å². The van der Waals surface area contributed by atoms with Crippen LogP contribution in [0.1, 0.15) is 41.2 Å². The van der Waals surface area contributed by atoms with E-state index in [-0.39, 0.29) is 6.04 Å². The van der Waals surface area contributed by atoms with Crippen LogP contribution >= 0.6 is 11.3 Å². The van der Waals surface area contributed by atoms with E-state index >= 15 is 0 Å². The van der Waals surface area contributed by atoms with Crippen molar-refractivity contribution in [1.82, 2.24) is 4.57 Å². The standard InChI is InChI=1S/C13H15NO2S/c1-2-5-10(12-7-4-9-17-12)14-8-3-6-11(14)13(15)16/h3-4,6-10H,2,5H2,1H3,(H,15,16). The summed E-state index contributed by atoms with van der Waals surface area (Å²) in [5.41, 5.74) is 0.358. The molecule has 0 fully saturated rings. The Morgan fingerprint density at radius 2 is 2.29 bits per heavy atom. The maximum absolute atomic E-state index is 11.1. The Balaban J connectivity index is 2.39. The number of aromatic nitrogens is 1. The molecule has 2 rings (SSSR count). The van der Waals surface area contributed by atoms with Crippen LogP contribution in [0.2, 0.25) is 0 Å². The fourth-order valence-corrected chi connectivity index (χ4v) is 2.88. The van der Waals surface area contributed by atoms with Gasteiger partial charge in [-0.3, -0.25) is 0 Å². The third kappa shape index (κ3) is 2.42. The molecule has 1 N–H and O–H groups in total. The van der Waals surface area contributed by atoms with E-state index in [0.29, 0.717) is 5.69 Å². The van der Waals surface area contributed by atoms with Crippen molar-refractivity contribution in [1.29, 1.82) is 0 Å². The van der Waals surface area contributed by atoms with Crippen LogP contribution in [-0.2, 0) is 0 Å². The van der Waals surface area contributed by atoms with Gasteiger partial charge in [0.15, 0.2) is 0 Å². The largest absolute Gasteiger partial charge is 0.477 e. The predicted molar refractivity (Wildman–Crippen MR) is 68.8 cm³/mol. The first-order chi connectivity index (χ1) is 8.24. The quantitative estimate of drug-likeness (QED) is 0.879. The summed E-state index contributed by atoms with van der Waals surface area (Å²) in [6.45, 7) is 2.12. The summed E-state index contributed by atoms with van der Waals surface area (Å²) in [6, 6.07) is 7.66. The molecule has 3 nitrogen and oxygen atoms in total. The molecule has 0 saturated heterocycles. The molecule has 17 heavy (non-hydrogen) atoms. The molecular formula is C13H15NO2S. The van der Waals surface area contributed by atoms with Crippen LogP contribution in [0, 0.1) is 0 Å². The van der Waals surface area contributed by atoms with E-state index in [1.807, 2.05) is 22.2 Å². The average Bonchev–Trinajstić information content (AvgIpc) is 2.96. The maximum Gasteiger partial charge on any atom is 0.352 e. The maximum atomic E-state index is 11.1. The second kappa shape index (κ2) is 5.19. The van der Waals surface area contributed by atoms with Gasteiger partial charge in [-0.15, -0.1) is 11.3 Å². The van der Waals surface area contributed by atoms with Crippen molar-refractivity contribution in [2.24, 2.45) is 0 Å². The number of hydrogen-bond donors (Lipinski definition) is 1. The van der Waals surface area contributed by atoms with Gasteiger partial charge in [0.1, 0.15) is 5.69 Å². The smallest absolute Gasteiger partial charge is 0.352 e. The van der Waals surface area contributed by atoms with Gasteiger partial charge in [0, 0.05) is 11.1 Å². The van der Waals surface area contributed by atoms with Gasteiger partial charge in [-0.2, -0.15) is 0 Å². The lowest BCUT2D eigenvalue weighted by atomic mass is 10.1. The third-order valence-electron chi connectivity index (χ3n) is 2.77. The number of nitrogens with zero attached hydrogens (tertiary/aromatic N) is 1. The first-order valence-electron chi connectivity index (χ1n) is 5.67. The van der Waals surface area contributed by atoms with E-state index in [1.54, 1.807) is 23.5 Å². The summed E-state index contributed by atoms with van der Waals surface area (Å²) < 4.78 is 1.86. The van der Waals surface area contributed by atoms with Gasteiger partial charge < -0.3 is 9.67 Å². The molecule has 2 aromatic heterocycles. The molecule has 0 aromatic carbocycles. The molecule has 0 bridgehead atoms. The molecule has 1 atom stereocenters. The van der Waals surface area contributed by atoms with E-state index < -0.39 is 5.97 Å². The van der Waals surface area contributed by atoms with Crippen LogP contribution in [-0.4, -0.2) is 15.6 Å². The van der Waals surface area contributed by atoms with Crippen LogP contribution in [0.5, 0.6) is 0 Å². The molecular weight excluding hydrogens is 234 g/mol. The molecule has 0 aliphatic rings. The van der Waals surface area contributed by atoms with Gasteiger partial charge in [-0.25, -0.2) is 4.79 Å². The van der Waals surface area contributed by atoms with E-state index in [9.17, 15) is 4.79 Å². The number of carboxylic acid groups (broad SMARTS) is 1. The van der Waals surface area contributed by atoms with E-state index in [2.05, 4.69) is 13.0 Å². The Morgan fingerprint density at radius 3 is 2.88 bits per heavy atom. The number of aromatic carboxylic acids is 1. The van der Waals surface area contributed by atoms with Gasteiger partial charge in [0.2, 0.25) is 0 Å². The number of carbonyl (C=O) groups is 1. The summed E-state index contributed by atoms with van der Waals surface area (Å²) in [5, 5.41) is 11.2. The van der Waals surface area contributed by atoms with Crippen molar-refractivity contribution in [3.63, 3.8) is 0 Å². The fraction of sp³-hybridized carbons (Fsp3) is 0.308. The van der Waals surface area contributed by atoms with Crippen molar-refractivity contribution in [2.75, 3.05) is 0 Å². The highest BCUT2D eigenvalue weighted by molar-refractivity contribution is 7.10. The lowest BCUT2D eigenvalue weighted by Crippen LogP contribution is -2.14. The van der Waals surface area contributed by atoms with E-state index in [4.69, 9.17) is 5.11 Å². The van der Waals surface area contributed by atoms with E-state index in [1.165, 1.54) is 4.88 Å². The first-order valence-corrected chi connectivity index (χ1v) is 6.55. The highest BCUT2D eigenvalue weighted by Crippen LogP contribution is 2.28. The minimum absolute atomic E-state index is 0.140. The Hall–Kier alpha value is -1.55. The van der Waals surface area contributed by atoms with Crippen LogP contribution in [0.3, 0.4) is 0 Å². The molecule has 2 aromatic rings. The fourth-order valence-electron chi connectivity index (χ4n) is 2.02. The summed E-state index contributed by atoms with van der Waals surface area (Å²) in [7, 11) is 0. The lowest BCUT2D eigenvalue weighted by molar-refractivity contribution is 0.0683. The zero-order valence-electron chi connectivity index (χ0n) is 9.67. The summed E-state index contributed by atoms with van der Waals surface area (Å²) >= 11 is 1.68. The molecule has 4 heteroatoms. The van der Waals surface area contributed by atoms with Crippen molar-refractivity contribution < 1.29 is 9.90 Å². The molecule has 0 aliphatic heterocycles. The van der Waals surface area contributed by atoms with E-state index in [0.717, 1.165) is 12.8 Å². The number of hydrogen-bond acceptors (Lipinski definition) is 2. The van der Waals surface area contributed by atoms with Crippen molar-refractivity contribution in [2.45, 2.75) is 25.8 Å². The lowest BCUT2D eigenvalue weighted by Gasteiger charge is -2.18. The molecule has 0 radical (unpaired) electrons. The zero-order valence-corrected chi connectivity index (χ0v) is 10.5. The van der Waals surface area contributed by atoms with Crippen LogP contribution in [0.15, 0.2) is 35.8 Å². The summed E-state index contributed by atoms with van der Waals surface area (Å²) in [5.74, 6) is -0.868. The zero-order chi connectivity index (χ0) is 12.3. The minimum atomic E-state index is -0.868. The first kappa shape index (κ1) is 11.9. The molecule has 90 valence electrons. The van der Waals surface area contributed by atoms with Crippen molar-refractivity contribution >= 4 is 17.3 Å².